The van der Waals surface area contributed by atoms with E-state index in [1.807, 2.05) is 31.2 Å². The fraction of sp³-hybridized carbons (Fsp3) is 0.385. The number of benzene rings is 1. The van der Waals surface area contributed by atoms with Gasteiger partial charge >= 0.3 is 5.97 Å². The monoisotopic (exact) mass is 248 g/mol. The maximum Gasteiger partial charge on any atom is 0.305 e. The van der Waals surface area contributed by atoms with Gasteiger partial charge in [0.05, 0.1) is 17.8 Å². The molecule has 0 bridgehead atoms. The molecule has 0 saturated carbocycles. The first-order chi connectivity index (χ1) is 8.63. The van der Waals surface area contributed by atoms with E-state index in [9.17, 15) is 9.59 Å². The molecule has 96 valence electrons. The van der Waals surface area contributed by atoms with Crippen molar-refractivity contribution in [3.05, 3.63) is 24.3 Å². The van der Waals surface area contributed by atoms with Crippen molar-refractivity contribution in [2.75, 3.05) is 16.8 Å². The Bertz CT molecular complexity index is 473. The van der Waals surface area contributed by atoms with Gasteiger partial charge in [-0.2, -0.15) is 0 Å². The molecule has 1 amide bonds. The molecule has 2 rings (SSSR count). The normalized spacial score (nSPS) is 18.2. The molecule has 0 radical (unpaired) electrons. The number of carbonyl (C=O) groups excluding carboxylic acids is 1. The smallest absolute Gasteiger partial charge is 0.305 e. The number of hydrogen-bond acceptors (Lipinski definition) is 3. The van der Waals surface area contributed by atoms with Gasteiger partial charge in [0, 0.05) is 6.54 Å². The second-order valence-electron chi connectivity index (χ2n) is 4.26. The number of hydrogen-bond donors (Lipinski definition) is 2. The zero-order valence-electron chi connectivity index (χ0n) is 10.2. The second kappa shape index (κ2) is 5.08. The number of nitrogens with zero attached hydrogens (tertiary/aromatic N) is 1. The molecular weight excluding hydrogens is 232 g/mol. The van der Waals surface area contributed by atoms with Crippen LogP contribution >= 0.6 is 0 Å². The number of fused-ring (bicyclic) bond motifs is 1. The summed E-state index contributed by atoms with van der Waals surface area (Å²) in [6.45, 7) is 2.14. The summed E-state index contributed by atoms with van der Waals surface area (Å²) >= 11 is 0. The number of para-hydroxylation sites is 2. The Morgan fingerprint density at radius 2 is 2.17 bits per heavy atom. The number of carboxylic acids is 1. The summed E-state index contributed by atoms with van der Waals surface area (Å²) in [6, 6.07) is 7.19. The molecule has 0 aromatic heterocycles. The van der Waals surface area contributed by atoms with Gasteiger partial charge in [-0.15, -0.1) is 0 Å². The number of aliphatic carboxylic acids is 1. The topological polar surface area (TPSA) is 69.6 Å². The van der Waals surface area contributed by atoms with Gasteiger partial charge in [-0.05, 0) is 18.6 Å². The van der Waals surface area contributed by atoms with Gasteiger partial charge < -0.3 is 15.3 Å². The Labute approximate surface area is 105 Å². The molecule has 1 aliphatic rings. The summed E-state index contributed by atoms with van der Waals surface area (Å²) in [4.78, 5) is 24.4. The summed E-state index contributed by atoms with van der Waals surface area (Å²) in [7, 11) is 0. The molecule has 1 aromatic rings. The molecule has 0 spiro atoms. The van der Waals surface area contributed by atoms with Gasteiger partial charge in [0.15, 0.2) is 0 Å². The van der Waals surface area contributed by atoms with E-state index >= 15 is 0 Å². The molecule has 5 nitrogen and oxygen atoms in total. The molecule has 18 heavy (non-hydrogen) atoms. The van der Waals surface area contributed by atoms with E-state index in [0.717, 1.165) is 11.4 Å². The third-order valence-electron chi connectivity index (χ3n) is 3.05. The number of carbonyl (C=O) groups is 2. The highest BCUT2D eigenvalue weighted by atomic mass is 16.4. The first-order valence-electron chi connectivity index (χ1n) is 6.02. The van der Waals surface area contributed by atoms with Crippen LogP contribution in [0.5, 0.6) is 0 Å². The highest BCUT2D eigenvalue weighted by Gasteiger charge is 2.30. The average Bonchev–Trinajstić information content (AvgIpc) is 2.36. The van der Waals surface area contributed by atoms with Crippen molar-refractivity contribution in [2.24, 2.45) is 0 Å². The third-order valence-corrected chi connectivity index (χ3v) is 3.05. The van der Waals surface area contributed by atoms with Crippen molar-refractivity contribution in [1.82, 2.24) is 0 Å². The Hall–Kier alpha value is -2.04. The van der Waals surface area contributed by atoms with Crippen molar-refractivity contribution >= 4 is 23.3 Å². The van der Waals surface area contributed by atoms with Crippen molar-refractivity contribution in [2.45, 2.75) is 25.8 Å². The summed E-state index contributed by atoms with van der Waals surface area (Å²) < 4.78 is 0. The largest absolute Gasteiger partial charge is 0.481 e. The number of carboxylic acid groups (broad SMARTS) is 1. The molecule has 5 heteroatoms. The van der Waals surface area contributed by atoms with Crippen molar-refractivity contribution in [3.63, 3.8) is 0 Å². The number of nitrogens with one attached hydrogen (secondary N) is 1. The van der Waals surface area contributed by atoms with Crippen LogP contribution in [0.15, 0.2) is 24.3 Å². The van der Waals surface area contributed by atoms with E-state index in [0.29, 0.717) is 6.42 Å². The molecule has 0 aliphatic carbocycles. The minimum atomic E-state index is -0.896. The number of anilines is 2. The standard InChI is InChI=1S/C13H16N2O3/c1-2-9-13(18)15(8-7-12(16)17)11-6-4-3-5-10(11)14-9/h3-6,9,14H,2,7-8H2,1H3,(H,16,17). The zero-order chi connectivity index (χ0) is 13.1. The molecule has 1 unspecified atom stereocenters. The number of rotatable bonds is 4. The fourth-order valence-corrected chi connectivity index (χ4v) is 2.10. The first kappa shape index (κ1) is 12.4. The molecule has 1 aromatic carbocycles. The van der Waals surface area contributed by atoms with Crippen LogP contribution in [-0.4, -0.2) is 29.6 Å². The van der Waals surface area contributed by atoms with Crippen LogP contribution in [-0.2, 0) is 9.59 Å². The lowest BCUT2D eigenvalue weighted by Crippen LogP contribution is -2.47. The fourth-order valence-electron chi connectivity index (χ4n) is 2.10. The van der Waals surface area contributed by atoms with Gasteiger partial charge in [-0.1, -0.05) is 19.1 Å². The lowest BCUT2D eigenvalue weighted by molar-refractivity contribution is -0.136. The maximum atomic E-state index is 12.2. The van der Waals surface area contributed by atoms with Crippen LogP contribution in [0, 0.1) is 0 Å². The molecular formula is C13H16N2O3. The van der Waals surface area contributed by atoms with Crippen molar-refractivity contribution in [3.8, 4) is 0 Å². The summed E-state index contributed by atoms with van der Waals surface area (Å²) in [5.41, 5.74) is 1.64. The molecule has 0 saturated heterocycles. The van der Waals surface area contributed by atoms with Gasteiger partial charge in [0.25, 0.3) is 0 Å². The van der Waals surface area contributed by atoms with Crippen LogP contribution < -0.4 is 10.2 Å². The first-order valence-corrected chi connectivity index (χ1v) is 6.02. The number of amides is 1. The second-order valence-corrected chi connectivity index (χ2v) is 4.26. The van der Waals surface area contributed by atoms with Crippen LogP contribution in [0.2, 0.25) is 0 Å². The predicted octanol–water partition coefficient (Wildman–Crippen LogP) is 1.70. The Morgan fingerprint density at radius 1 is 1.44 bits per heavy atom. The van der Waals surface area contributed by atoms with Crippen LogP contribution in [0.3, 0.4) is 0 Å². The summed E-state index contributed by atoms with van der Waals surface area (Å²) in [5.74, 6) is -0.954. The lowest BCUT2D eigenvalue weighted by atomic mass is 10.1. The van der Waals surface area contributed by atoms with E-state index in [1.165, 1.54) is 0 Å². The molecule has 1 atom stereocenters. The predicted molar refractivity (Wildman–Crippen MR) is 68.7 cm³/mol. The summed E-state index contributed by atoms with van der Waals surface area (Å²) in [5, 5.41) is 11.9. The van der Waals surface area contributed by atoms with Crippen LogP contribution in [0.4, 0.5) is 11.4 Å². The SMILES string of the molecule is CCC1Nc2ccccc2N(CCC(=O)O)C1=O. The van der Waals surface area contributed by atoms with Gasteiger partial charge in [0.1, 0.15) is 6.04 Å². The van der Waals surface area contributed by atoms with Crippen LogP contribution in [0.1, 0.15) is 19.8 Å². The maximum absolute atomic E-state index is 12.2. The van der Waals surface area contributed by atoms with E-state index in [2.05, 4.69) is 5.32 Å². The van der Waals surface area contributed by atoms with Crippen molar-refractivity contribution < 1.29 is 14.7 Å². The third kappa shape index (κ3) is 2.30. The molecule has 2 N–H and O–H groups in total. The zero-order valence-corrected chi connectivity index (χ0v) is 10.2. The highest BCUT2D eigenvalue weighted by Crippen LogP contribution is 2.31. The van der Waals surface area contributed by atoms with E-state index < -0.39 is 5.97 Å². The highest BCUT2D eigenvalue weighted by molar-refractivity contribution is 6.05. The minimum absolute atomic E-state index is 0.0451. The molecule has 1 aliphatic heterocycles. The van der Waals surface area contributed by atoms with Crippen molar-refractivity contribution in [1.29, 1.82) is 0 Å². The van der Waals surface area contributed by atoms with E-state index in [-0.39, 0.29) is 24.9 Å². The Morgan fingerprint density at radius 3 is 2.83 bits per heavy atom. The average molecular weight is 248 g/mol. The molecule has 1 heterocycles. The van der Waals surface area contributed by atoms with Gasteiger partial charge in [-0.25, -0.2) is 0 Å². The minimum Gasteiger partial charge on any atom is -0.481 e. The lowest BCUT2D eigenvalue weighted by Gasteiger charge is -2.34. The van der Waals surface area contributed by atoms with Gasteiger partial charge in [0.2, 0.25) is 5.91 Å². The van der Waals surface area contributed by atoms with Gasteiger partial charge in [-0.3, -0.25) is 9.59 Å². The Balaban J connectivity index is 2.29. The quantitative estimate of drug-likeness (QED) is 0.850. The molecule has 0 fully saturated rings. The van der Waals surface area contributed by atoms with E-state index in [4.69, 9.17) is 5.11 Å². The van der Waals surface area contributed by atoms with Crippen LogP contribution in [0.25, 0.3) is 0 Å². The summed E-state index contributed by atoms with van der Waals surface area (Å²) in [6.07, 6.45) is 0.632. The Kier molecular flexibility index (Phi) is 3.50. The van der Waals surface area contributed by atoms with E-state index in [1.54, 1.807) is 4.90 Å².